The number of anilines is 1. The maximum atomic E-state index is 5.89. The molecule has 0 bridgehead atoms. The van der Waals surface area contributed by atoms with Gasteiger partial charge in [-0.15, -0.1) is 0 Å². The molecule has 0 aliphatic rings. The number of aryl methyl sites for hydroxylation is 1. The van der Waals surface area contributed by atoms with Gasteiger partial charge in [0, 0.05) is 25.9 Å². The van der Waals surface area contributed by atoms with Gasteiger partial charge in [-0.1, -0.05) is 17.7 Å². The Labute approximate surface area is 105 Å². The van der Waals surface area contributed by atoms with Gasteiger partial charge in [0.2, 0.25) is 0 Å². The highest BCUT2D eigenvalue weighted by Gasteiger charge is 2.28. The van der Waals surface area contributed by atoms with E-state index in [0.29, 0.717) is 13.2 Å². The summed E-state index contributed by atoms with van der Waals surface area (Å²) in [7, 11) is 2.07. The first-order chi connectivity index (χ1) is 8.03. The molecule has 96 valence electrons. The second-order valence-electron chi connectivity index (χ2n) is 4.73. The van der Waals surface area contributed by atoms with E-state index in [1.807, 2.05) is 6.92 Å². The molecule has 0 aliphatic heterocycles. The maximum absolute atomic E-state index is 5.89. The Kier molecular flexibility index (Phi) is 4.97. The SMILES string of the molecule is CCOCC(C)(CN)N(C)c1ccc(C)cc1. The van der Waals surface area contributed by atoms with Crippen molar-refractivity contribution in [3.8, 4) is 0 Å². The van der Waals surface area contributed by atoms with Crippen LogP contribution in [-0.2, 0) is 4.74 Å². The Morgan fingerprint density at radius 2 is 1.88 bits per heavy atom. The Morgan fingerprint density at radius 1 is 1.29 bits per heavy atom. The highest BCUT2D eigenvalue weighted by molar-refractivity contribution is 5.49. The van der Waals surface area contributed by atoms with Gasteiger partial charge >= 0.3 is 0 Å². The van der Waals surface area contributed by atoms with Crippen LogP contribution in [0.15, 0.2) is 24.3 Å². The molecule has 0 fully saturated rings. The third kappa shape index (κ3) is 3.45. The van der Waals surface area contributed by atoms with Crippen molar-refractivity contribution in [1.29, 1.82) is 0 Å². The minimum atomic E-state index is -0.161. The van der Waals surface area contributed by atoms with Crippen LogP contribution < -0.4 is 10.6 Å². The number of nitrogens with zero attached hydrogens (tertiary/aromatic N) is 1. The molecular formula is C14H24N2O. The van der Waals surface area contributed by atoms with Gasteiger partial charge in [0.05, 0.1) is 12.1 Å². The van der Waals surface area contributed by atoms with E-state index in [4.69, 9.17) is 10.5 Å². The molecule has 0 heterocycles. The average Bonchev–Trinajstić information content (AvgIpc) is 2.36. The molecule has 0 spiro atoms. The molecule has 1 aromatic rings. The van der Waals surface area contributed by atoms with Gasteiger partial charge in [-0.2, -0.15) is 0 Å². The summed E-state index contributed by atoms with van der Waals surface area (Å²) in [5.41, 5.74) is 8.17. The highest BCUT2D eigenvalue weighted by atomic mass is 16.5. The fourth-order valence-electron chi connectivity index (χ4n) is 1.69. The monoisotopic (exact) mass is 236 g/mol. The van der Waals surface area contributed by atoms with Crippen molar-refractivity contribution in [3.05, 3.63) is 29.8 Å². The van der Waals surface area contributed by atoms with Gasteiger partial charge in [0.25, 0.3) is 0 Å². The molecule has 1 rings (SSSR count). The van der Waals surface area contributed by atoms with Crippen molar-refractivity contribution in [2.75, 3.05) is 31.7 Å². The average molecular weight is 236 g/mol. The van der Waals surface area contributed by atoms with E-state index in [-0.39, 0.29) is 5.54 Å². The van der Waals surface area contributed by atoms with Crippen LogP contribution in [-0.4, -0.2) is 32.3 Å². The van der Waals surface area contributed by atoms with Crippen LogP contribution in [0.25, 0.3) is 0 Å². The molecule has 0 saturated heterocycles. The second kappa shape index (κ2) is 6.03. The van der Waals surface area contributed by atoms with E-state index >= 15 is 0 Å². The number of likely N-dealkylation sites (N-methyl/N-ethyl adjacent to an activating group) is 1. The molecule has 0 aromatic heterocycles. The summed E-state index contributed by atoms with van der Waals surface area (Å²) in [4.78, 5) is 2.20. The number of hydrogen-bond acceptors (Lipinski definition) is 3. The van der Waals surface area contributed by atoms with Gasteiger partial charge in [-0.3, -0.25) is 0 Å². The molecule has 2 N–H and O–H groups in total. The Balaban J connectivity index is 2.84. The standard InChI is InChI=1S/C14H24N2O/c1-5-17-11-14(3,10-15)16(4)13-8-6-12(2)7-9-13/h6-9H,5,10-11,15H2,1-4H3. The van der Waals surface area contributed by atoms with Crippen molar-refractivity contribution >= 4 is 5.69 Å². The molecular weight excluding hydrogens is 212 g/mol. The van der Waals surface area contributed by atoms with Gasteiger partial charge in [-0.05, 0) is 32.9 Å². The normalized spacial score (nSPS) is 14.4. The van der Waals surface area contributed by atoms with E-state index in [2.05, 4.69) is 50.1 Å². The first-order valence-electron chi connectivity index (χ1n) is 6.12. The summed E-state index contributed by atoms with van der Waals surface area (Å²) in [6, 6.07) is 8.47. The van der Waals surface area contributed by atoms with Gasteiger partial charge in [0.1, 0.15) is 0 Å². The zero-order valence-corrected chi connectivity index (χ0v) is 11.4. The molecule has 1 unspecified atom stereocenters. The minimum absolute atomic E-state index is 0.161. The van der Waals surface area contributed by atoms with E-state index < -0.39 is 0 Å². The molecule has 1 aromatic carbocycles. The predicted octanol–water partition coefficient (Wildman–Crippen LogP) is 2.19. The van der Waals surface area contributed by atoms with Crippen LogP contribution in [0.2, 0.25) is 0 Å². The van der Waals surface area contributed by atoms with Crippen molar-refractivity contribution in [1.82, 2.24) is 0 Å². The largest absolute Gasteiger partial charge is 0.379 e. The summed E-state index contributed by atoms with van der Waals surface area (Å²) in [6.45, 7) is 8.15. The Hall–Kier alpha value is -1.06. The van der Waals surface area contributed by atoms with E-state index in [1.165, 1.54) is 11.3 Å². The van der Waals surface area contributed by atoms with Crippen molar-refractivity contribution in [2.45, 2.75) is 26.3 Å². The maximum Gasteiger partial charge on any atom is 0.0725 e. The third-order valence-corrected chi connectivity index (χ3v) is 3.29. The summed E-state index contributed by atoms with van der Waals surface area (Å²) in [6.07, 6.45) is 0. The Bertz CT molecular complexity index is 337. The number of rotatable bonds is 6. The quantitative estimate of drug-likeness (QED) is 0.823. The van der Waals surface area contributed by atoms with Crippen LogP contribution in [0.3, 0.4) is 0 Å². The summed E-state index contributed by atoms with van der Waals surface area (Å²) in [5.74, 6) is 0. The predicted molar refractivity (Wildman–Crippen MR) is 73.5 cm³/mol. The summed E-state index contributed by atoms with van der Waals surface area (Å²) < 4.78 is 5.53. The zero-order chi connectivity index (χ0) is 12.9. The number of nitrogens with two attached hydrogens (primary N) is 1. The zero-order valence-electron chi connectivity index (χ0n) is 11.4. The molecule has 0 aliphatic carbocycles. The topological polar surface area (TPSA) is 38.5 Å². The molecule has 3 heteroatoms. The van der Waals surface area contributed by atoms with Gasteiger partial charge in [0.15, 0.2) is 0 Å². The van der Waals surface area contributed by atoms with Crippen molar-refractivity contribution in [2.24, 2.45) is 5.73 Å². The molecule has 0 radical (unpaired) electrons. The lowest BCUT2D eigenvalue weighted by atomic mass is 10.0. The number of ether oxygens (including phenoxy) is 1. The van der Waals surface area contributed by atoms with Crippen LogP contribution in [0, 0.1) is 6.92 Å². The fourth-order valence-corrected chi connectivity index (χ4v) is 1.69. The molecule has 0 saturated carbocycles. The highest BCUT2D eigenvalue weighted by Crippen LogP contribution is 2.22. The van der Waals surface area contributed by atoms with E-state index in [0.717, 1.165) is 6.61 Å². The van der Waals surface area contributed by atoms with E-state index in [1.54, 1.807) is 0 Å². The van der Waals surface area contributed by atoms with Crippen LogP contribution in [0.5, 0.6) is 0 Å². The number of hydrogen-bond donors (Lipinski definition) is 1. The minimum Gasteiger partial charge on any atom is -0.379 e. The lowest BCUT2D eigenvalue weighted by molar-refractivity contribution is 0.102. The lowest BCUT2D eigenvalue weighted by Crippen LogP contribution is -2.53. The van der Waals surface area contributed by atoms with Gasteiger partial charge < -0.3 is 15.4 Å². The summed E-state index contributed by atoms with van der Waals surface area (Å²) in [5, 5.41) is 0. The lowest BCUT2D eigenvalue weighted by Gasteiger charge is -2.39. The van der Waals surface area contributed by atoms with Crippen molar-refractivity contribution in [3.63, 3.8) is 0 Å². The summed E-state index contributed by atoms with van der Waals surface area (Å²) >= 11 is 0. The second-order valence-corrected chi connectivity index (χ2v) is 4.73. The molecule has 17 heavy (non-hydrogen) atoms. The first kappa shape index (κ1) is 14.0. The van der Waals surface area contributed by atoms with Crippen LogP contribution in [0.1, 0.15) is 19.4 Å². The fraction of sp³-hybridized carbons (Fsp3) is 0.571. The van der Waals surface area contributed by atoms with Gasteiger partial charge in [-0.25, -0.2) is 0 Å². The molecule has 0 amide bonds. The Morgan fingerprint density at radius 3 is 2.35 bits per heavy atom. The van der Waals surface area contributed by atoms with Crippen LogP contribution in [0.4, 0.5) is 5.69 Å². The molecule has 1 atom stereocenters. The van der Waals surface area contributed by atoms with Crippen LogP contribution >= 0.6 is 0 Å². The van der Waals surface area contributed by atoms with E-state index in [9.17, 15) is 0 Å². The molecule has 3 nitrogen and oxygen atoms in total. The smallest absolute Gasteiger partial charge is 0.0725 e. The number of benzene rings is 1. The van der Waals surface area contributed by atoms with Crippen molar-refractivity contribution < 1.29 is 4.74 Å². The first-order valence-corrected chi connectivity index (χ1v) is 6.12. The third-order valence-electron chi connectivity index (χ3n) is 3.29.